The van der Waals surface area contributed by atoms with Gasteiger partial charge in [-0.25, -0.2) is 0 Å². The first kappa shape index (κ1) is 12.8. The van der Waals surface area contributed by atoms with E-state index in [0.717, 1.165) is 17.0 Å². The average molecular weight is 225 g/mol. The molecule has 4 nitrogen and oxygen atoms in total. The van der Waals surface area contributed by atoms with E-state index in [0.29, 0.717) is 6.61 Å². The summed E-state index contributed by atoms with van der Waals surface area (Å²) < 4.78 is 5.42. The highest BCUT2D eigenvalue weighted by Crippen LogP contribution is 2.22. The van der Waals surface area contributed by atoms with E-state index in [1.165, 1.54) is 0 Å². The van der Waals surface area contributed by atoms with Gasteiger partial charge < -0.3 is 20.3 Å². The summed E-state index contributed by atoms with van der Waals surface area (Å²) in [4.78, 5) is 0. The van der Waals surface area contributed by atoms with Crippen LogP contribution in [0.4, 0.5) is 5.69 Å². The molecule has 1 rings (SSSR count). The highest BCUT2D eigenvalue weighted by atomic mass is 16.5. The van der Waals surface area contributed by atoms with E-state index in [1.807, 2.05) is 32.0 Å². The smallest absolute Gasteiger partial charge is 0.122 e. The van der Waals surface area contributed by atoms with Crippen LogP contribution >= 0.6 is 0 Å². The quantitative estimate of drug-likeness (QED) is 0.680. The molecule has 0 aromatic heterocycles. The first-order valence-electron chi connectivity index (χ1n) is 5.43. The minimum absolute atomic E-state index is 0.0945. The fraction of sp³-hybridized carbons (Fsp3) is 0.500. The summed E-state index contributed by atoms with van der Waals surface area (Å²) >= 11 is 0. The van der Waals surface area contributed by atoms with Gasteiger partial charge in [0.2, 0.25) is 0 Å². The third-order valence-corrected chi connectivity index (χ3v) is 2.29. The van der Waals surface area contributed by atoms with Crippen LogP contribution in [-0.4, -0.2) is 36.1 Å². The molecule has 90 valence electrons. The summed E-state index contributed by atoms with van der Waals surface area (Å²) in [7, 11) is 0. The largest absolute Gasteiger partial charge is 0.494 e. The number of aliphatic hydroxyl groups is 2. The van der Waals surface area contributed by atoms with Gasteiger partial charge in [0.15, 0.2) is 0 Å². The summed E-state index contributed by atoms with van der Waals surface area (Å²) in [6.07, 6.45) is 0. The maximum atomic E-state index is 8.95. The number of hydrogen-bond acceptors (Lipinski definition) is 4. The molecule has 0 fully saturated rings. The number of benzene rings is 1. The Morgan fingerprint density at radius 3 is 2.50 bits per heavy atom. The van der Waals surface area contributed by atoms with Gasteiger partial charge in [-0.15, -0.1) is 0 Å². The van der Waals surface area contributed by atoms with Gasteiger partial charge in [-0.2, -0.15) is 0 Å². The van der Waals surface area contributed by atoms with Gasteiger partial charge in [0.1, 0.15) is 5.75 Å². The van der Waals surface area contributed by atoms with Crippen LogP contribution in [0.5, 0.6) is 5.75 Å². The average Bonchev–Trinajstić information content (AvgIpc) is 2.29. The second-order valence-electron chi connectivity index (χ2n) is 3.62. The Hall–Kier alpha value is -1.26. The second kappa shape index (κ2) is 6.35. The van der Waals surface area contributed by atoms with Gasteiger partial charge in [-0.1, -0.05) is 0 Å². The van der Waals surface area contributed by atoms with Gasteiger partial charge in [0.25, 0.3) is 0 Å². The van der Waals surface area contributed by atoms with Crippen molar-refractivity contribution in [2.24, 2.45) is 0 Å². The standard InChI is InChI=1S/C12H19NO3/c1-3-16-12-5-4-10(6-9(12)2)13-11(7-14)8-15/h4-6,11,13-15H,3,7-8H2,1-2H3. The lowest BCUT2D eigenvalue weighted by atomic mass is 10.2. The van der Waals surface area contributed by atoms with Crippen LogP contribution < -0.4 is 10.1 Å². The lowest BCUT2D eigenvalue weighted by Gasteiger charge is -2.16. The number of nitrogens with one attached hydrogen (secondary N) is 1. The Bertz CT molecular complexity index is 324. The zero-order valence-electron chi connectivity index (χ0n) is 9.73. The SMILES string of the molecule is CCOc1ccc(NC(CO)CO)cc1C. The van der Waals surface area contributed by atoms with E-state index >= 15 is 0 Å². The molecule has 0 aliphatic heterocycles. The molecular formula is C12H19NO3. The minimum Gasteiger partial charge on any atom is -0.494 e. The minimum atomic E-state index is -0.322. The van der Waals surface area contributed by atoms with Crippen molar-refractivity contribution < 1.29 is 14.9 Å². The zero-order chi connectivity index (χ0) is 12.0. The predicted molar refractivity (Wildman–Crippen MR) is 63.9 cm³/mol. The topological polar surface area (TPSA) is 61.7 Å². The van der Waals surface area contributed by atoms with Crippen molar-refractivity contribution in [1.82, 2.24) is 0 Å². The molecule has 0 saturated heterocycles. The molecule has 16 heavy (non-hydrogen) atoms. The third kappa shape index (κ3) is 3.40. The van der Waals surface area contributed by atoms with E-state index in [2.05, 4.69) is 5.32 Å². The van der Waals surface area contributed by atoms with Crippen LogP contribution in [0, 0.1) is 6.92 Å². The molecule has 0 bridgehead atoms. The molecule has 4 heteroatoms. The van der Waals surface area contributed by atoms with Gasteiger partial charge in [0, 0.05) is 5.69 Å². The normalized spacial score (nSPS) is 10.6. The van der Waals surface area contributed by atoms with Crippen molar-refractivity contribution in [2.45, 2.75) is 19.9 Å². The van der Waals surface area contributed by atoms with Crippen LogP contribution in [0.1, 0.15) is 12.5 Å². The van der Waals surface area contributed by atoms with E-state index in [1.54, 1.807) is 0 Å². The van der Waals surface area contributed by atoms with Crippen molar-refractivity contribution in [3.05, 3.63) is 23.8 Å². The molecule has 0 aliphatic carbocycles. The van der Waals surface area contributed by atoms with Crippen LogP contribution in [0.15, 0.2) is 18.2 Å². The van der Waals surface area contributed by atoms with Crippen LogP contribution in [0.25, 0.3) is 0 Å². The molecule has 1 aromatic carbocycles. The van der Waals surface area contributed by atoms with Crippen molar-refractivity contribution in [3.63, 3.8) is 0 Å². The van der Waals surface area contributed by atoms with Gasteiger partial charge >= 0.3 is 0 Å². The maximum absolute atomic E-state index is 8.95. The molecule has 0 aliphatic rings. The molecule has 0 radical (unpaired) electrons. The van der Waals surface area contributed by atoms with E-state index < -0.39 is 0 Å². The summed E-state index contributed by atoms with van der Waals surface area (Å²) in [5.41, 5.74) is 1.90. The predicted octanol–water partition coefficient (Wildman–Crippen LogP) is 1.16. The first-order valence-corrected chi connectivity index (χ1v) is 5.43. The van der Waals surface area contributed by atoms with Gasteiger partial charge in [-0.05, 0) is 37.6 Å². The summed E-state index contributed by atoms with van der Waals surface area (Å²) in [5, 5.41) is 20.9. The Morgan fingerprint density at radius 1 is 1.31 bits per heavy atom. The number of ether oxygens (including phenoxy) is 1. The third-order valence-electron chi connectivity index (χ3n) is 2.29. The highest BCUT2D eigenvalue weighted by Gasteiger charge is 2.06. The summed E-state index contributed by atoms with van der Waals surface area (Å²) in [5.74, 6) is 0.859. The number of aliphatic hydroxyl groups excluding tert-OH is 2. The summed E-state index contributed by atoms with van der Waals surface area (Å²) in [6, 6.07) is 5.37. The lowest BCUT2D eigenvalue weighted by molar-refractivity contribution is 0.204. The monoisotopic (exact) mass is 225 g/mol. The van der Waals surface area contributed by atoms with Crippen LogP contribution in [0.2, 0.25) is 0 Å². The Balaban J connectivity index is 2.72. The zero-order valence-corrected chi connectivity index (χ0v) is 9.73. The number of hydrogen-bond donors (Lipinski definition) is 3. The molecule has 1 aromatic rings. The Morgan fingerprint density at radius 2 is 2.00 bits per heavy atom. The van der Waals surface area contributed by atoms with E-state index in [-0.39, 0.29) is 19.3 Å². The van der Waals surface area contributed by atoms with Crippen molar-refractivity contribution in [3.8, 4) is 5.75 Å². The molecule has 0 amide bonds. The summed E-state index contributed by atoms with van der Waals surface area (Å²) in [6.45, 7) is 4.36. The number of rotatable bonds is 6. The maximum Gasteiger partial charge on any atom is 0.122 e. The van der Waals surface area contributed by atoms with E-state index in [4.69, 9.17) is 14.9 Å². The van der Waals surface area contributed by atoms with Crippen molar-refractivity contribution >= 4 is 5.69 Å². The molecule has 0 saturated carbocycles. The van der Waals surface area contributed by atoms with Crippen molar-refractivity contribution in [1.29, 1.82) is 0 Å². The second-order valence-corrected chi connectivity index (χ2v) is 3.62. The molecule has 0 atom stereocenters. The molecule has 3 N–H and O–H groups in total. The fourth-order valence-electron chi connectivity index (χ4n) is 1.44. The lowest BCUT2D eigenvalue weighted by Crippen LogP contribution is -2.27. The first-order chi connectivity index (χ1) is 7.71. The molecule has 0 unspecified atom stereocenters. The number of anilines is 1. The van der Waals surface area contributed by atoms with Gasteiger partial charge in [0.05, 0.1) is 25.9 Å². The molecular weight excluding hydrogens is 206 g/mol. The fourth-order valence-corrected chi connectivity index (χ4v) is 1.44. The molecule has 0 heterocycles. The van der Waals surface area contributed by atoms with Crippen LogP contribution in [-0.2, 0) is 0 Å². The van der Waals surface area contributed by atoms with Crippen LogP contribution in [0.3, 0.4) is 0 Å². The molecule has 0 spiro atoms. The number of aryl methyl sites for hydroxylation is 1. The highest BCUT2D eigenvalue weighted by molar-refractivity contribution is 5.51. The van der Waals surface area contributed by atoms with E-state index in [9.17, 15) is 0 Å². The van der Waals surface area contributed by atoms with Crippen molar-refractivity contribution in [2.75, 3.05) is 25.1 Å². The van der Waals surface area contributed by atoms with Gasteiger partial charge in [-0.3, -0.25) is 0 Å². The Kier molecular flexibility index (Phi) is 5.08. The Labute approximate surface area is 95.9 Å².